The second kappa shape index (κ2) is 6.87. The molecular weight excluding hydrogens is 304 g/mol. The Balaban J connectivity index is 1.95. The van der Waals surface area contributed by atoms with Crippen LogP contribution in [-0.4, -0.2) is 16.0 Å². The first-order chi connectivity index (χ1) is 11.7. The molecule has 0 unspecified atom stereocenters. The molecule has 3 rings (SSSR count). The number of hydrogen-bond acceptors (Lipinski definition) is 4. The van der Waals surface area contributed by atoms with E-state index in [1.807, 2.05) is 30.3 Å². The fraction of sp³-hybridized carbons (Fsp3) is 0.0500. The predicted molar refractivity (Wildman–Crippen MR) is 90.4 cm³/mol. The van der Waals surface area contributed by atoms with Gasteiger partial charge in [-0.25, -0.2) is 0 Å². The zero-order chi connectivity index (χ0) is 16.9. The smallest absolute Gasteiger partial charge is 0.200 e. The molecule has 3 aromatic rings. The minimum absolute atomic E-state index is 0.0443. The molecule has 0 aliphatic rings. The molecule has 0 amide bonds. The van der Waals surface area contributed by atoms with E-state index in [4.69, 9.17) is 4.74 Å². The van der Waals surface area contributed by atoms with Crippen LogP contribution in [0.25, 0.3) is 0 Å². The van der Waals surface area contributed by atoms with Gasteiger partial charge < -0.3 is 14.9 Å². The predicted octanol–water partition coefficient (Wildman–Crippen LogP) is 3.91. The summed E-state index contributed by atoms with van der Waals surface area (Å²) in [5.41, 5.74) is 1.29. The Kier molecular flexibility index (Phi) is 4.47. The van der Waals surface area contributed by atoms with Crippen LogP contribution in [0.3, 0.4) is 0 Å². The molecule has 3 aromatic carbocycles. The standard InChI is InChI=1S/C20H16O4/c21-16-11-12-17(24-13-14-7-3-1-4-8-14)18(20(16)23)19(22)15-9-5-2-6-10-15/h1-12,21,23H,13H2. The van der Waals surface area contributed by atoms with Crippen molar-refractivity contribution in [2.24, 2.45) is 0 Å². The molecule has 0 saturated carbocycles. The van der Waals surface area contributed by atoms with Crippen LogP contribution in [0.15, 0.2) is 72.8 Å². The average molecular weight is 320 g/mol. The van der Waals surface area contributed by atoms with Crippen LogP contribution in [0.1, 0.15) is 21.5 Å². The third kappa shape index (κ3) is 3.22. The fourth-order valence-electron chi connectivity index (χ4n) is 2.37. The molecule has 2 N–H and O–H groups in total. The van der Waals surface area contributed by atoms with Gasteiger partial charge in [0, 0.05) is 5.56 Å². The molecule has 0 heterocycles. The lowest BCUT2D eigenvalue weighted by molar-refractivity contribution is 0.103. The molecule has 24 heavy (non-hydrogen) atoms. The number of hydrogen-bond donors (Lipinski definition) is 2. The van der Waals surface area contributed by atoms with Crippen molar-refractivity contribution in [2.75, 3.05) is 0 Å². The maximum Gasteiger partial charge on any atom is 0.200 e. The molecule has 0 saturated heterocycles. The number of aromatic hydroxyl groups is 2. The summed E-state index contributed by atoms with van der Waals surface area (Å²) in [5, 5.41) is 19.9. The van der Waals surface area contributed by atoms with E-state index in [2.05, 4.69) is 0 Å². The molecule has 0 atom stereocenters. The van der Waals surface area contributed by atoms with E-state index in [-0.39, 0.29) is 23.7 Å². The van der Waals surface area contributed by atoms with Crippen molar-refractivity contribution in [1.82, 2.24) is 0 Å². The van der Waals surface area contributed by atoms with Crippen molar-refractivity contribution in [2.45, 2.75) is 6.61 Å². The van der Waals surface area contributed by atoms with E-state index in [9.17, 15) is 15.0 Å². The highest BCUT2D eigenvalue weighted by Gasteiger charge is 2.22. The molecular formula is C20H16O4. The zero-order valence-electron chi connectivity index (χ0n) is 12.8. The van der Waals surface area contributed by atoms with Gasteiger partial charge in [0.1, 0.15) is 17.9 Å². The highest BCUT2D eigenvalue weighted by atomic mass is 16.5. The number of ether oxygens (including phenoxy) is 1. The molecule has 0 bridgehead atoms. The summed E-state index contributed by atoms with van der Waals surface area (Å²) >= 11 is 0. The first kappa shape index (κ1) is 15.6. The van der Waals surface area contributed by atoms with Crippen molar-refractivity contribution >= 4 is 5.78 Å². The van der Waals surface area contributed by atoms with Gasteiger partial charge in [0.05, 0.1) is 0 Å². The van der Waals surface area contributed by atoms with Crippen LogP contribution in [0.2, 0.25) is 0 Å². The number of benzene rings is 3. The summed E-state index contributed by atoms with van der Waals surface area (Å²) in [7, 11) is 0. The molecule has 0 aromatic heterocycles. The van der Waals surface area contributed by atoms with E-state index in [1.54, 1.807) is 30.3 Å². The van der Waals surface area contributed by atoms with Gasteiger partial charge >= 0.3 is 0 Å². The quantitative estimate of drug-likeness (QED) is 0.552. The van der Waals surface area contributed by atoms with E-state index in [0.717, 1.165) is 5.56 Å². The van der Waals surface area contributed by atoms with Gasteiger partial charge in [0.25, 0.3) is 0 Å². The lowest BCUT2D eigenvalue weighted by atomic mass is 10.0. The Bertz CT molecular complexity index is 842. The van der Waals surface area contributed by atoms with Gasteiger partial charge in [-0.05, 0) is 17.7 Å². The number of phenolic OH excluding ortho intramolecular Hbond substituents is 2. The number of rotatable bonds is 5. The van der Waals surface area contributed by atoms with Crippen molar-refractivity contribution in [3.63, 3.8) is 0 Å². The van der Waals surface area contributed by atoms with Crippen LogP contribution in [0.4, 0.5) is 0 Å². The van der Waals surface area contributed by atoms with Gasteiger partial charge in [0.2, 0.25) is 5.78 Å². The first-order valence-electron chi connectivity index (χ1n) is 7.48. The minimum Gasteiger partial charge on any atom is -0.504 e. The van der Waals surface area contributed by atoms with E-state index in [0.29, 0.717) is 5.56 Å². The van der Waals surface area contributed by atoms with E-state index >= 15 is 0 Å². The summed E-state index contributed by atoms with van der Waals surface area (Å²) in [6.07, 6.45) is 0. The first-order valence-corrected chi connectivity index (χ1v) is 7.48. The second-order valence-corrected chi connectivity index (χ2v) is 5.28. The van der Waals surface area contributed by atoms with Gasteiger partial charge in [-0.2, -0.15) is 0 Å². The largest absolute Gasteiger partial charge is 0.504 e. The lowest BCUT2D eigenvalue weighted by Crippen LogP contribution is -2.06. The molecule has 0 spiro atoms. The van der Waals surface area contributed by atoms with Gasteiger partial charge in [-0.1, -0.05) is 60.7 Å². The zero-order valence-corrected chi connectivity index (χ0v) is 12.8. The maximum atomic E-state index is 12.7. The second-order valence-electron chi connectivity index (χ2n) is 5.28. The highest BCUT2D eigenvalue weighted by Crippen LogP contribution is 2.37. The van der Waals surface area contributed by atoms with Crippen LogP contribution in [0, 0.1) is 0 Å². The van der Waals surface area contributed by atoms with Crippen LogP contribution in [-0.2, 0) is 6.61 Å². The van der Waals surface area contributed by atoms with Gasteiger partial charge in [0.15, 0.2) is 11.5 Å². The summed E-state index contributed by atoms with van der Waals surface area (Å²) in [4.78, 5) is 12.7. The number of carbonyl (C=O) groups excluding carboxylic acids is 1. The Hall–Kier alpha value is -3.27. The van der Waals surface area contributed by atoms with Crippen molar-refractivity contribution in [3.8, 4) is 17.2 Å². The maximum absolute atomic E-state index is 12.7. The van der Waals surface area contributed by atoms with Crippen molar-refractivity contribution in [1.29, 1.82) is 0 Å². The fourth-order valence-corrected chi connectivity index (χ4v) is 2.37. The molecule has 0 radical (unpaired) electrons. The molecule has 4 heteroatoms. The Morgan fingerprint density at radius 2 is 1.46 bits per heavy atom. The Morgan fingerprint density at radius 3 is 2.12 bits per heavy atom. The average Bonchev–Trinajstić information content (AvgIpc) is 2.64. The van der Waals surface area contributed by atoms with Crippen molar-refractivity contribution < 1.29 is 19.7 Å². The SMILES string of the molecule is O=C(c1ccccc1)c1c(OCc2ccccc2)ccc(O)c1O. The minimum atomic E-state index is -0.477. The summed E-state index contributed by atoms with van der Waals surface area (Å²) in [5.74, 6) is -1.02. The number of carbonyl (C=O) groups is 1. The van der Waals surface area contributed by atoms with Gasteiger partial charge in [-0.3, -0.25) is 4.79 Å². The summed E-state index contributed by atoms with van der Waals surface area (Å²) in [6.45, 7) is 0.250. The highest BCUT2D eigenvalue weighted by molar-refractivity contribution is 6.12. The third-order valence-electron chi connectivity index (χ3n) is 3.62. The normalized spacial score (nSPS) is 10.3. The Labute approximate surface area is 139 Å². The molecule has 0 fully saturated rings. The lowest BCUT2D eigenvalue weighted by Gasteiger charge is -2.13. The molecule has 4 nitrogen and oxygen atoms in total. The van der Waals surface area contributed by atoms with Crippen molar-refractivity contribution in [3.05, 3.63) is 89.5 Å². The monoisotopic (exact) mass is 320 g/mol. The summed E-state index contributed by atoms with van der Waals surface area (Å²) in [6, 6.07) is 20.8. The van der Waals surface area contributed by atoms with E-state index < -0.39 is 11.5 Å². The van der Waals surface area contributed by atoms with E-state index in [1.165, 1.54) is 12.1 Å². The van der Waals surface area contributed by atoms with Gasteiger partial charge in [-0.15, -0.1) is 0 Å². The molecule has 0 aliphatic heterocycles. The molecule has 0 aliphatic carbocycles. The number of ketones is 1. The topological polar surface area (TPSA) is 66.8 Å². The number of phenols is 2. The summed E-state index contributed by atoms with van der Waals surface area (Å²) < 4.78 is 5.71. The van der Waals surface area contributed by atoms with Crippen LogP contribution < -0.4 is 4.74 Å². The Morgan fingerprint density at radius 1 is 0.833 bits per heavy atom. The van der Waals surface area contributed by atoms with Crippen LogP contribution >= 0.6 is 0 Å². The molecule has 120 valence electrons. The van der Waals surface area contributed by atoms with Crippen LogP contribution in [0.5, 0.6) is 17.2 Å². The third-order valence-corrected chi connectivity index (χ3v) is 3.62.